The highest BCUT2D eigenvalue weighted by Crippen LogP contribution is 2.30. The predicted octanol–water partition coefficient (Wildman–Crippen LogP) is -0.190. The van der Waals surface area contributed by atoms with Gasteiger partial charge in [-0.2, -0.15) is 0 Å². The summed E-state index contributed by atoms with van der Waals surface area (Å²) in [4.78, 5) is 15.6. The normalized spacial score (nSPS) is 13.6. The SMILES string of the molecule is C=C1NC(N)=Nc2cccc(C(=O)NN)c21. The van der Waals surface area contributed by atoms with Crippen LogP contribution in [-0.4, -0.2) is 11.9 Å². The molecule has 6 N–H and O–H groups in total. The van der Waals surface area contributed by atoms with Gasteiger partial charge in [0, 0.05) is 11.3 Å². The standard InChI is InChI=1S/C10H11N5O/c1-5-8-6(9(16)15-12)3-2-4-7(8)14-10(11)13-5/h2-4H,1,12H2,(H,15,16)(H3,11,13,14). The van der Waals surface area contributed by atoms with E-state index in [1.807, 2.05) is 0 Å². The summed E-state index contributed by atoms with van der Waals surface area (Å²) < 4.78 is 0. The van der Waals surface area contributed by atoms with Crippen LogP contribution in [0, 0.1) is 0 Å². The number of hydrogen-bond donors (Lipinski definition) is 4. The molecule has 16 heavy (non-hydrogen) atoms. The molecule has 1 aromatic carbocycles. The molecule has 1 heterocycles. The van der Waals surface area contributed by atoms with Gasteiger partial charge in [0.05, 0.1) is 11.3 Å². The smallest absolute Gasteiger partial charge is 0.265 e. The van der Waals surface area contributed by atoms with Crippen molar-refractivity contribution in [2.75, 3.05) is 0 Å². The number of aliphatic imine (C=N–C) groups is 1. The quantitative estimate of drug-likeness (QED) is 0.297. The molecule has 1 aliphatic rings. The molecule has 0 atom stereocenters. The number of hydrogen-bond acceptors (Lipinski definition) is 5. The Morgan fingerprint density at radius 3 is 2.94 bits per heavy atom. The molecule has 0 saturated carbocycles. The Kier molecular flexibility index (Phi) is 2.34. The Morgan fingerprint density at radius 2 is 2.25 bits per heavy atom. The van der Waals surface area contributed by atoms with E-state index in [1.54, 1.807) is 18.2 Å². The van der Waals surface area contributed by atoms with E-state index in [2.05, 4.69) is 22.3 Å². The van der Waals surface area contributed by atoms with Crippen LogP contribution in [0.15, 0.2) is 29.8 Å². The largest absolute Gasteiger partial charge is 0.369 e. The number of carbonyl (C=O) groups excluding carboxylic acids is 1. The number of benzene rings is 1. The van der Waals surface area contributed by atoms with Crippen molar-refractivity contribution in [3.63, 3.8) is 0 Å². The molecule has 0 bridgehead atoms. The fourth-order valence-electron chi connectivity index (χ4n) is 1.59. The molecule has 1 amide bonds. The van der Waals surface area contributed by atoms with E-state index in [-0.39, 0.29) is 5.96 Å². The third kappa shape index (κ3) is 1.51. The highest BCUT2D eigenvalue weighted by molar-refractivity contribution is 6.05. The van der Waals surface area contributed by atoms with Gasteiger partial charge in [0.2, 0.25) is 0 Å². The van der Waals surface area contributed by atoms with Gasteiger partial charge in [0.15, 0.2) is 5.96 Å². The molecule has 0 fully saturated rings. The fraction of sp³-hybridized carbons (Fsp3) is 0. The van der Waals surface area contributed by atoms with Gasteiger partial charge >= 0.3 is 0 Å². The second-order valence-electron chi connectivity index (χ2n) is 3.27. The van der Waals surface area contributed by atoms with Crippen LogP contribution in [0.2, 0.25) is 0 Å². The van der Waals surface area contributed by atoms with Gasteiger partial charge in [-0.25, -0.2) is 10.8 Å². The van der Waals surface area contributed by atoms with Crippen LogP contribution in [0.25, 0.3) is 5.70 Å². The number of fused-ring (bicyclic) bond motifs is 1. The second kappa shape index (κ2) is 3.67. The number of rotatable bonds is 1. The van der Waals surface area contributed by atoms with Gasteiger partial charge in [-0.05, 0) is 12.1 Å². The Bertz CT molecular complexity index is 506. The van der Waals surface area contributed by atoms with Crippen molar-refractivity contribution in [3.8, 4) is 0 Å². The molecule has 0 saturated heterocycles. The highest BCUT2D eigenvalue weighted by atomic mass is 16.2. The molecule has 82 valence electrons. The van der Waals surface area contributed by atoms with Gasteiger partial charge < -0.3 is 11.1 Å². The minimum Gasteiger partial charge on any atom is -0.369 e. The molecule has 1 aromatic rings. The number of guanidine groups is 1. The second-order valence-corrected chi connectivity index (χ2v) is 3.27. The average Bonchev–Trinajstić information content (AvgIpc) is 2.26. The van der Waals surface area contributed by atoms with Gasteiger partial charge in [-0.3, -0.25) is 10.2 Å². The van der Waals surface area contributed by atoms with E-state index in [4.69, 9.17) is 11.6 Å². The van der Waals surface area contributed by atoms with Crippen LogP contribution in [0.3, 0.4) is 0 Å². The Morgan fingerprint density at radius 1 is 1.50 bits per heavy atom. The molecule has 6 nitrogen and oxygen atoms in total. The average molecular weight is 217 g/mol. The highest BCUT2D eigenvalue weighted by Gasteiger charge is 2.20. The summed E-state index contributed by atoms with van der Waals surface area (Å²) in [5.74, 6) is 4.96. The van der Waals surface area contributed by atoms with E-state index in [0.717, 1.165) is 0 Å². The van der Waals surface area contributed by atoms with Crippen molar-refractivity contribution >= 4 is 23.3 Å². The van der Waals surface area contributed by atoms with Crippen molar-refractivity contribution in [3.05, 3.63) is 35.9 Å². The summed E-state index contributed by atoms with van der Waals surface area (Å²) in [7, 11) is 0. The van der Waals surface area contributed by atoms with Crippen LogP contribution >= 0.6 is 0 Å². The number of nitrogens with zero attached hydrogens (tertiary/aromatic N) is 1. The lowest BCUT2D eigenvalue weighted by Crippen LogP contribution is -2.35. The first-order valence-electron chi connectivity index (χ1n) is 4.58. The van der Waals surface area contributed by atoms with Crippen LogP contribution in [0.5, 0.6) is 0 Å². The predicted molar refractivity (Wildman–Crippen MR) is 61.5 cm³/mol. The molecule has 0 aliphatic carbocycles. The third-order valence-corrected chi connectivity index (χ3v) is 2.24. The van der Waals surface area contributed by atoms with Crippen molar-refractivity contribution < 1.29 is 4.79 Å². The minimum absolute atomic E-state index is 0.253. The lowest BCUT2D eigenvalue weighted by molar-refractivity contribution is 0.0953. The maximum absolute atomic E-state index is 11.5. The summed E-state index contributed by atoms with van der Waals surface area (Å²) >= 11 is 0. The summed E-state index contributed by atoms with van der Waals surface area (Å²) in [6.45, 7) is 3.79. The van der Waals surface area contributed by atoms with Crippen LogP contribution in [0.1, 0.15) is 15.9 Å². The summed E-state index contributed by atoms with van der Waals surface area (Å²) in [5, 5.41) is 2.77. The number of amides is 1. The molecular formula is C10H11N5O. The van der Waals surface area contributed by atoms with E-state index >= 15 is 0 Å². The molecular weight excluding hydrogens is 206 g/mol. The molecule has 6 heteroatoms. The molecule has 0 radical (unpaired) electrons. The zero-order valence-corrected chi connectivity index (χ0v) is 8.45. The maximum Gasteiger partial charge on any atom is 0.265 e. The lowest BCUT2D eigenvalue weighted by atomic mass is 10.0. The van der Waals surface area contributed by atoms with Crippen molar-refractivity contribution in [1.82, 2.24) is 10.7 Å². The molecule has 0 aromatic heterocycles. The van der Waals surface area contributed by atoms with Crippen molar-refractivity contribution in [2.45, 2.75) is 0 Å². The summed E-state index contributed by atoms with van der Waals surface area (Å²) in [6.07, 6.45) is 0. The molecule has 0 unspecified atom stereocenters. The number of hydrazine groups is 1. The maximum atomic E-state index is 11.5. The van der Waals surface area contributed by atoms with Gasteiger partial charge in [0.25, 0.3) is 5.91 Å². The Labute approximate surface area is 92.0 Å². The van der Waals surface area contributed by atoms with Crippen LogP contribution in [-0.2, 0) is 0 Å². The van der Waals surface area contributed by atoms with E-state index < -0.39 is 5.91 Å². The van der Waals surface area contributed by atoms with Gasteiger partial charge in [-0.1, -0.05) is 12.6 Å². The topological polar surface area (TPSA) is 106 Å². The first-order chi connectivity index (χ1) is 7.63. The Hall–Kier alpha value is -2.34. The van der Waals surface area contributed by atoms with Gasteiger partial charge in [0.1, 0.15) is 0 Å². The number of nitrogens with one attached hydrogen (secondary N) is 2. The summed E-state index contributed by atoms with van der Waals surface area (Å²) in [5.41, 5.74) is 9.78. The zero-order chi connectivity index (χ0) is 11.7. The molecule has 2 rings (SSSR count). The molecule has 0 spiro atoms. The number of nitrogens with two attached hydrogens (primary N) is 2. The van der Waals surface area contributed by atoms with Crippen LogP contribution in [0.4, 0.5) is 5.69 Å². The lowest BCUT2D eigenvalue weighted by Gasteiger charge is -2.19. The molecule has 1 aliphatic heterocycles. The fourth-order valence-corrected chi connectivity index (χ4v) is 1.59. The number of carbonyl (C=O) groups is 1. The third-order valence-electron chi connectivity index (χ3n) is 2.24. The van der Waals surface area contributed by atoms with Crippen molar-refractivity contribution in [2.24, 2.45) is 16.6 Å². The first kappa shape index (κ1) is 10.2. The van der Waals surface area contributed by atoms with E-state index in [0.29, 0.717) is 22.5 Å². The summed E-state index contributed by atoms with van der Waals surface area (Å²) in [6, 6.07) is 5.10. The minimum atomic E-state index is -0.393. The number of nitrogen functional groups attached to an aromatic ring is 1. The first-order valence-corrected chi connectivity index (χ1v) is 4.58. The Balaban J connectivity index is 2.64. The van der Waals surface area contributed by atoms with Gasteiger partial charge in [-0.15, -0.1) is 0 Å². The van der Waals surface area contributed by atoms with E-state index in [9.17, 15) is 4.79 Å². The van der Waals surface area contributed by atoms with Crippen molar-refractivity contribution in [1.29, 1.82) is 0 Å². The monoisotopic (exact) mass is 217 g/mol. The van der Waals surface area contributed by atoms with Crippen LogP contribution < -0.4 is 22.3 Å². The zero-order valence-electron chi connectivity index (χ0n) is 8.45. The van der Waals surface area contributed by atoms with E-state index in [1.165, 1.54) is 0 Å².